The largest absolute Gasteiger partial charge is 0.496 e. The van der Waals surface area contributed by atoms with Crippen LogP contribution in [0.15, 0.2) is 54.6 Å². The van der Waals surface area contributed by atoms with Gasteiger partial charge in [0.2, 0.25) is 5.91 Å². The van der Waals surface area contributed by atoms with Crippen molar-refractivity contribution in [1.82, 2.24) is 10.3 Å². The average Bonchev–Trinajstić information content (AvgIpc) is 3.20. The van der Waals surface area contributed by atoms with Gasteiger partial charge in [-0.2, -0.15) is 0 Å². The summed E-state index contributed by atoms with van der Waals surface area (Å²) in [5, 5.41) is 6.43. The first kappa shape index (κ1) is 20.1. The van der Waals surface area contributed by atoms with Crippen molar-refractivity contribution >= 4 is 28.3 Å². The SMILES string of the molecule is COc1ccccc1CNC(=O)C1CCCc2sc(NC(=O)c3ccccc3)nc21. The number of amides is 2. The highest BCUT2D eigenvalue weighted by molar-refractivity contribution is 7.16. The number of hydrogen-bond acceptors (Lipinski definition) is 5. The van der Waals surface area contributed by atoms with Gasteiger partial charge in [0.25, 0.3) is 5.91 Å². The number of nitrogens with one attached hydrogen (secondary N) is 2. The summed E-state index contributed by atoms with van der Waals surface area (Å²) in [4.78, 5) is 31.0. The van der Waals surface area contributed by atoms with Gasteiger partial charge in [-0.15, -0.1) is 11.3 Å². The summed E-state index contributed by atoms with van der Waals surface area (Å²) in [6.45, 7) is 0.399. The number of ether oxygens (including phenoxy) is 1. The molecule has 2 N–H and O–H groups in total. The molecule has 0 saturated heterocycles. The van der Waals surface area contributed by atoms with Gasteiger partial charge in [0, 0.05) is 22.5 Å². The predicted molar refractivity (Wildman–Crippen MR) is 117 cm³/mol. The number of anilines is 1. The number of para-hydroxylation sites is 1. The molecule has 0 saturated carbocycles. The van der Waals surface area contributed by atoms with E-state index < -0.39 is 0 Å². The maximum Gasteiger partial charge on any atom is 0.257 e. The van der Waals surface area contributed by atoms with Crippen LogP contribution in [0.5, 0.6) is 5.75 Å². The van der Waals surface area contributed by atoms with E-state index in [0.717, 1.165) is 41.1 Å². The number of hydrogen-bond donors (Lipinski definition) is 2. The first-order chi connectivity index (χ1) is 14.7. The first-order valence-corrected chi connectivity index (χ1v) is 10.7. The molecule has 1 unspecified atom stereocenters. The van der Waals surface area contributed by atoms with Gasteiger partial charge in [-0.05, 0) is 37.5 Å². The molecule has 4 rings (SSSR count). The fourth-order valence-electron chi connectivity index (χ4n) is 3.64. The van der Waals surface area contributed by atoms with E-state index in [1.165, 1.54) is 11.3 Å². The van der Waals surface area contributed by atoms with Crippen LogP contribution in [0.3, 0.4) is 0 Å². The molecular formula is C23H23N3O3S. The Morgan fingerprint density at radius 1 is 1.13 bits per heavy atom. The molecule has 30 heavy (non-hydrogen) atoms. The molecule has 0 aliphatic heterocycles. The lowest BCUT2D eigenvalue weighted by Gasteiger charge is -2.20. The number of carbonyl (C=O) groups is 2. The van der Waals surface area contributed by atoms with E-state index in [4.69, 9.17) is 4.74 Å². The van der Waals surface area contributed by atoms with Crippen molar-refractivity contribution in [1.29, 1.82) is 0 Å². The Labute approximate surface area is 179 Å². The van der Waals surface area contributed by atoms with Crippen LogP contribution in [0.2, 0.25) is 0 Å². The second kappa shape index (κ2) is 9.09. The minimum absolute atomic E-state index is 0.0481. The molecule has 0 radical (unpaired) electrons. The number of aryl methyl sites for hydroxylation is 1. The van der Waals surface area contributed by atoms with Crippen molar-refractivity contribution in [2.45, 2.75) is 31.7 Å². The standard InChI is InChI=1S/C23H23N3O3S/c1-29-18-12-6-5-10-16(18)14-24-22(28)17-11-7-13-19-20(17)25-23(30-19)26-21(27)15-8-3-2-4-9-15/h2-6,8-10,12,17H,7,11,13-14H2,1H3,(H,24,28)(H,25,26,27). The highest BCUT2D eigenvalue weighted by Crippen LogP contribution is 2.37. The third-order valence-electron chi connectivity index (χ3n) is 5.17. The maximum atomic E-state index is 12.9. The van der Waals surface area contributed by atoms with Gasteiger partial charge in [0.15, 0.2) is 5.13 Å². The molecule has 0 fully saturated rings. The van der Waals surface area contributed by atoms with E-state index in [-0.39, 0.29) is 17.7 Å². The first-order valence-electron chi connectivity index (χ1n) is 9.91. The zero-order valence-electron chi connectivity index (χ0n) is 16.7. The molecule has 3 aromatic rings. The Balaban J connectivity index is 1.45. The van der Waals surface area contributed by atoms with Crippen LogP contribution in [-0.4, -0.2) is 23.9 Å². The molecule has 154 valence electrons. The highest BCUT2D eigenvalue weighted by atomic mass is 32.1. The lowest BCUT2D eigenvalue weighted by atomic mass is 9.90. The molecule has 1 aliphatic rings. The number of thiazole rings is 1. The van der Waals surface area contributed by atoms with Crippen LogP contribution in [0, 0.1) is 0 Å². The Kier molecular flexibility index (Phi) is 6.09. The van der Waals surface area contributed by atoms with E-state index in [1.807, 2.05) is 42.5 Å². The third-order valence-corrected chi connectivity index (χ3v) is 6.22. The van der Waals surface area contributed by atoms with Crippen molar-refractivity contribution in [3.63, 3.8) is 0 Å². The van der Waals surface area contributed by atoms with E-state index in [9.17, 15) is 9.59 Å². The molecule has 1 atom stereocenters. The summed E-state index contributed by atoms with van der Waals surface area (Å²) in [6.07, 6.45) is 2.55. The summed E-state index contributed by atoms with van der Waals surface area (Å²) in [7, 11) is 1.62. The van der Waals surface area contributed by atoms with Gasteiger partial charge >= 0.3 is 0 Å². The molecule has 1 aliphatic carbocycles. The monoisotopic (exact) mass is 421 g/mol. The van der Waals surface area contributed by atoms with Crippen LogP contribution >= 0.6 is 11.3 Å². The minimum atomic E-state index is -0.304. The fourth-order valence-corrected chi connectivity index (χ4v) is 4.70. The van der Waals surface area contributed by atoms with Gasteiger partial charge in [-0.3, -0.25) is 14.9 Å². The molecular weight excluding hydrogens is 398 g/mol. The van der Waals surface area contributed by atoms with Crippen LogP contribution in [0.1, 0.15) is 45.3 Å². The van der Waals surface area contributed by atoms with E-state index in [2.05, 4.69) is 15.6 Å². The van der Waals surface area contributed by atoms with Crippen molar-refractivity contribution in [3.8, 4) is 5.75 Å². The zero-order valence-corrected chi connectivity index (χ0v) is 17.5. The normalized spacial score (nSPS) is 15.2. The third kappa shape index (κ3) is 4.36. The second-order valence-electron chi connectivity index (χ2n) is 7.12. The number of nitrogens with zero attached hydrogens (tertiary/aromatic N) is 1. The summed E-state index contributed by atoms with van der Waals surface area (Å²) >= 11 is 1.46. The number of methoxy groups -OCH3 is 1. The molecule has 2 aromatic carbocycles. The summed E-state index contributed by atoms with van der Waals surface area (Å²) in [5.41, 5.74) is 2.29. The summed E-state index contributed by atoms with van der Waals surface area (Å²) in [5.74, 6) is 0.204. The molecule has 6 nitrogen and oxygen atoms in total. The average molecular weight is 422 g/mol. The lowest BCUT2D eigenvalue weighted by molar-refractivity contribution is -0.123. The van der Waals surface area contributed by atoms with E-state index in [0.29, 0.717) is 17.2 Å². The van der Waals surface area contributed by atoms with Gasteiger partial charge in [0.1, 0.15) is 5.75 Å². The Bertz CT molecular complexity index is 1050. The quantitative estimate of drug-likeness (QED) is 0.627. The zero-order chi connectivity index (χ0) is 20.9. The number of carbonyl (C=O) groups excluding carboxylic acids is 2. The Morgan fingerprint density at radius 3 is 2.70 bits per heavy atom. The highest BCUT2D eigenvalue weighted by Gasteiger charge is 2.30. The smallest absolute Gasteiger partial charge is 0.257 e. The Morgan fingerprint density at radius 2 is 1.90 bits per heavy atom. The maximum absolute atomic E-state index is 12.9. The number of fused-ring (bicyclic) bond motifs is 1. The number of aromatic nitrogens is 1. The lowest BCUT2D eigenvalue weighted by Crippen LogP contribution is -2.31. The second-order valence-corrected chi connectivity index (χ2v) is 8.21. The summed E-state index contributed by atoms with van der Waals surface area (Å²) < 4.78 is 5.35. The topological polar surface area (TPSA) is 80.3 Å². The van der Waals surface area contributed by atoms with Gasteiger partial charge < -0.3 is 10.1 Å². The molecule has 7 heteroatoms. The Hall–Kier alpha value is -3.19. The van der Waals surface area contributed by atoms with Gasteiger partial charge in [-0.1, -0.05) is 36.4 Å². The van der Waals surface area contributed by atoms with E-state index in [1.54, 1.807) is 19.2 Å². The fraction of sp³-hybridized carbons (Fsp3) is 0.261. The van der Waals surface area contributed by atoms with Crippen molar-refractivity contribution in [3.05, 3.63) is 76.3 Å². The van der Waals surface area contributed by atoms with Crippen LogP contribution in [0.25, 0.3) is 0 Å². The van der Waals surface area contributed by atoms with Crippen LogP contribution < -0.4 is 15.4 Å². The molecule has 0 bridgehead atoms. The molecule has 0 spiro atoms. The van der Waals surface area contributed by atoms with Crippen LogP contribution in [-0.2, 0) is 17.8 Å². The van der Waals surface area contributed by atoms with Crippen molar-refractivity contribution in [2.75, 3.05) is 12.4 Å². The van der Waals surface area contributed by atoms with Crippen LogP contribution in [0.4, 0.5) is 5.13 Å². The van der Waals surface area contributed by atoms with Gasteiger partial charge in [-0.25, -0.2) is 4.98 Å². The summed E-state index contributed by atoms with van der Waals surface area (Å²) in [6, 6.07) is 16.7. The van der Waals surface area contributed by atoms with Crippen molar-refractivity contribution < 1.29 is 14.3 Å². The van der Waals surface area contributed by atoms with E-state index >= 15 is 0 Å². The van der Waals surface area contributed by atoms with Gasteiger partial charge in [0.05, 0.1) is 18.7 Å². The molecule has 1 heterocycles. The minimum Gasteiger partial charge on any atom is -0.496 e. The van der Waals surface area contributed by atoms with Crippen molar-refractivity contribution in [2.24, 2.45) is 0 Å². The number of benzene rings is 2. The number of rotatable bonds is 6. The molecule has 1 aromatic heterocycles. The molecule has 2 amide bonds. The predicted octanol–water partition coefficient (Wildman–Crippen LogP) is 4.14.